The maximum Gasteiger partial charge on any atom is 0.252 e. The van der Waals surface area contributed by atoms with Gasteiger partial charge in [0, 0.05) is 28.0 Å². The summed E-state index contributed by atoms with van der Waals surface area (Å²) in [5, 5.41) is 15.8. The molecule has 0 fully saturated rings. The van der Waals surface area contributed by atoms with Gasteiger partial charge in [-0.3, -0.25) is 4.79 Å². The van der Waals surface area contributed by atoms with E-state index in [1.54, 1.807) is 0 Å². The van der Waals surface area contributed by atoms with Crippen LogP contribution in [0.3, 0.4) is 0 Å². The highest BCUT2D eigenvalue weighted by atomic mass is 79.9. The maximum absolute atomic E-state index is 13.6. The minimum atomic E-state index is -1.35. The molecule has 0 aliphatic rings. The average molecular weight is 541 g/mol. The molecule has 5 heteroatoms. The van der Waals surface area contributed by atoms with Crippen molar-refractivity contribution in [1.82, 2.24) is 9.88 Å². The number of rotatable bonds is 7. The van der Waals surface area contributed by atoms with Crippen LogP contribution in [0.4, 0.5) is 0 Å². The number of nitrogens with zero attached hydrogens (tertiary/aromatic N) is 1. The quantitative estimate of drug-likeness (QED) is 0.250. The summed E-state index contributed by atoms with van der Waals surface area (Å²) in [6.07, 6.45) is 0.448. The number of fused-ring (bicyclic) bond motifs is 2. The highest BCUT2D eigenvalue weighted by molar-refractivity contribution is 9.10. The van der Waals surface area contributed by atoms with Crippen molar-refractivity contribution >= 4 is 37.6 Å². The number of halogens is 1. The van der Waals surface area contributed by atoms with Gasteiger partial charge in [-0.15, -0.1) is 0 Å². The number of aromatic nitrogens is 1. The molecule has 1 heterocycles. The predicted octanol–water partition coefficient (Wildman–Crippen LogP) is 6.42. The molecule has 0 saturated heterocycles. The first-order chi connectivity index (χ1) is 17.4. The SMILES string of the molecule is CN(C)CCC(O)(c1cccc2ccccc12)C(c1ccccc1)c1cc2cc(Br)ccc2[nH]c1=O. The molecule has 2 unspecified atom stereocenters. The van der Waals surface area contributed by atoms with Gasteiger partial charge in [0.2, 0.25) is 0 Å². The number of aliphatic hydroxyl groups is 1. The summed E-state index contributed by atoms with van der Waals surface area (Å²) in [5.74, 6) is -0.586. The van der Waals surface area contributed by atoms with Gasteiger partial charge in [-0.05, 0) is 72.1 Å². The molecule has 2 atom stereocenters. The van der Waals surface area contributed by atoms with Crippen molar-refractivity contribution in [3.63, 3.8) is 0 Å². The van der Waals surface area contributed by atoms with Gasteiger partial charge in [-0.2, -0.15) is 0 Å². The van der Waals surface area contributed by atoms with E-state index in [1.807, 2.05) is 93.0 Å². The lowest BCUT2D eigenvalue weighted by Gasteiger charge is -2.39. The lowest BCUT2D eigenvalue weighted by Crippen LogP contribution is -2.39. The molecule has 182 valence electrons. The van der Waals surface area contributed by atoms with E-state index in [-0.39, 0.29) is 5.56 Å². The van der Waals surface area contributed by atoms with E-state index in [0.717, 1.165) is 37.3 Å². The smallest absolute Gasteiger partial charge is 0.252 e. The Morgan fingerprint density at radius 3 is 2.39 bits per heavy atom. The first-order valence-electron chi connectivity index (χ1n) is 12.1. The van der Waals surface area contributed by atoms with Gasteiger partial charge in [-0.25, -0.2) is 0 Å². The topological polar surface area (TPSA) is 56.3 Å². The zero-order valence-electron chi connectivity index (χ0n) is 20.4. The van der Waals surface area contributed by atoms with Crippen LogP contribution in [0.15, 0.2) is 106 Å². The van der Waals surface area contributed by atoms with Gasteiger partial charge in [0.1, 0.15) is 5.60 Å². The minimum Gasteiger partial charge on any atom is -0.384 e. The van der Waals surface area contributed by atoms with Crippen LogP contribution in [0.25, 0.3) is 21.7 Å². The predicted molar refractivity (Wildman–Crippen MR) is 152 cm³/mol. The van der Waals surface area contributed by atoms with E-state index >= 15 is 0 Å². The van der Waals surface area contributed by atoms with E-state index in [9.17, 15) is 9.90 Å². The van der Waals surface area contributed by atoms with E-state index in [1.165, 1.54) is 0 Å². The summed E-state index contributed by atoms with van der Waals surface area (Å²) in [4.78, 5) is 18.8. The monoisotopic (exact) mass is 540 g/mol. The molecule has 5 rings (SSSR count). The fraction of sp³-hybridized carbons (Fsp3) is 0.194. The summed E-state index contributed by atoms with van der Waals surface area (Å²) in [7, 11) is 4.00. The fourth-order valence-electron chi connectivity index (χ4n) is 5.20. The Kier molecular flexibility index (Phi) is 6.80. The molecule has 0 spiro atoms. The summed E-state index contributed by atoms with van der Waals surface area (Å²) >= 11 is 3.55. The van der Waals surface area contributed by atoms with E-state index < -0.39 is 11.5 Å². The molecule has 0 bridgehead atoms. The van der Waals surface area contributed by atoms with Gasteiger partial charge < -0.3 is 15.0 Å². The summed E-state index contributed by atoms with van der Waals surface area (Å²) < 4.78 is 0.932. The second kappa shape index (κ2) is 10.0. The van der Waals surface area contributed by atoms with Gasteiger partial charge in [-0.1, -0.05) is 88.7 Å². The molecule has 0 amide bonds. The first kappa shape index (κ1) is 24.4. The van der Waals surface area contributed by atoms with Crippen LogP contribution in [0.2, 0.25) is 0 Å². The second-order valence-corrected chi connectivity index (χ2v) is 10.5. The number of H-pyrrole nitrogens is 1. The van der Waals surface area contributed by atoms with E-state index in [0.29, 0.717) is 18.5 Å². The lowest BCUT2D eigenvalue weighted by atomic mass is 9.70. The Bertz CT molecular complexity index is 1570. The van der Waals surface area contributed by atoms with Crippen LogP contribution in [0.1, 0.15) is 29.0 Å². The zero-order valence-corrected chi connectivity index (χ0v) is 22.0. The van der Waals surface area contributed by atoms with Crippen LogP contribution in [-0.4, -0.2) is 35.6 Å². The summed E-state index contributed by atoms with van der Waals surface area (Å²) in [5.41, 5.74) is 1.49. The summed E-state index contributed by atoms with van der Waals surface area (Å²) in [6, 6.07) is 31.8. The number of benzene rings is 4. The van der Waals surface area contributed by atoms with E-state index in [2.05, 4.69) is 44.0 Å². The molecule has 0 saturated carbocycles. The van der Waals surface area contributed by atoms with Crippen LogP contribution < -0.4 is 5.56 Å². The lowest BCUT2D eigenvalue weighted by molar-refractivity contribution is 0.00556. The maximum atomic E-state index is 13.6. The van der Waals surface area contributed by atoms with Gasteiger partial charge in [0.05, 0.1) is 0 Å². The Balaban J connectivity index is 1.83. The Labute approximate surface area is 219 Å². The third kappa shape index (κ3) is 4.62. The largest absolute Gasteiger partial charge is 0.384 e. The Hall–Kier alpha value is -3.25. The van der Waals surface area contributed by atoms with E-state index in [4.69, 9.17) is 0 Å². The first-order valence-corrected chi connectivity index (χ1v) is 12.9. The number of hydrogen-bond acceptors (Lipinski definition) is 3. The standard InChI is InChI=1S/C31H29BrN2O2/c1-34(2)18-17-31(36,27-14-8-12-21-9-6-7-13-25(21)27)29(22-10-4-3-5-11-22)26-20-23-19-24(32)15-16-28(23)33-30(26)35/h3-16,19-20,29,36H,17-18H2,1-2H3,(H,33,35). The highest BCUT2D eigenvalue weighted by Crippen LogP contribution is 2.46. The molecule has 1 aromatic heterocycles. The third-order valence-corrected chi connectivity index (χ3v) is 7.45. The minimum absolute atomic E-state index is 0.192. The fourth-order valence-corrected chi connectivity index (χ4v) is 5.58. The molecule has 4 aromatic carbocycles. The normalized spacial score (nSPS) is 14.2. The third-order valence-electron chi connectivity index (χ3n) is 6.95. The molecule has 0 radical (unpaired) electrons. The van der Waals surface area contributed by atoms with Crippen molar-refractivity contribution in [3.8, 4) is 0 Å². The van der Waals surface area contributed by atoms with Crippen molar-refractivity contribution in [2.24, 2.45) is 0 Å². The highest BCUT2D eigenvalue weighted by Gasteiger charge is 2.42. The van der Waals surface area contributed by atoms with Crippen LogP contribution >= 0.6 is 15.9 Å². The molecule has 4 nitrogen and oxygen atoms in total. The summed E-state index contributed by atoms with van der Waals surface area (Å²) in [6.45, 7) is 0.653. The number of pyridine rings is 1. The number of hydrogen-bond donors (Lipinski definition) is 2. The number of nitrogens with one attached hydrogen (secondary N) is 1. The van der Waals surface area contributed by atoms with Gasteiger partial charge in [0.15, 0.2) is 0 Å². The van der Waals surface area contributed by atoms with Crippen LogP contribution in [-0.2, 0) is 5.60 Å². The Morgan fingerprint density at radius 2 is 1.61 bits per heavy atom. The molecule has 36 heavy (non-hydrogen) atoms. The van der Waals surface area contributed by atoms with Crippen molar-refractivity contribution < 1.29 is 5.11 Å². The van der Waals surface area contributed by atoms with Crippen molar-refractivity contribution in [2.45, 2.75) is 17.9 Å². The second-order valence-electron chi connectivity index (χ2n) is 9.63. The Morgan fingerprint density at radius 1 is 0.889 bits per heavy atom. The van der Waals surface area contributed by atoms with Gasteiger partial charge >= 0.3 is 0 Å². The van der Waals surface area contributed by atoms with Crippen molar-refractivity contribution in [3.05, 3.63) is 129 Å². The molecule has 5 aromatic rings. The average Bonchev–Trinajstić information content (AvgIpc) is 2.88. The van der Waals surface area contributed by atoms with Crippen LogP contribution in [0.5, 0.6) is 0 Å². The molecule has 0 aliphatic heterocycles. The zero-order chi connectivity index (χ0) is 25.3. The van der Waals surface area contributed by atoms with Gasteiger partial charge in [0.25, 0.3) is 5.56 Å². The molecule has 0 aliphatic carbocycles. The number of aromatic amines is 1. The molecular formula is C31H29BrN2O2. The molecular weight excluding hydrogens is 512 g/mol. The van der Waals surface area contributed by atoms with Crippen molar-refractivity contribution in [2.75, 3.05) is 20.6 Å². The van der Waals surface area contributed by atoms with Crippen molar-refractivity contribution in [1.29, 1.82) is 0 Å². The van der Waals surface area contributed by atoms with Crippen LogP contribution in [0, 0.1) is 0 Å². The molecule has 2 N–H and O–H groups in total.